The summed E-state index contributed by atoms with van der Waals surface area (Å²) in [5.41, 5.74) is 4.57. The fraction of sp³-hybridized carbons (Fsp3) is 0.240. The molecule has 0 aliphatic carbocycles. The molecule has 1 aromatic heterocycles. The number of carbonyl (C=O) groups is 3. The van der Waals surface area contributed by atoms with Crippen LogP contribution in [0, 0.1) is 20.8 Å². The van der Waals surface area contributed by atoms with E-state index in [-0.39, 0.29) is 18.3 Å². The zero-order chi connectivity index (χ0) is 22.5. The molecule has 1 atom stereocenters. The van der Waals surface area contributed by atoms with E-state index in [1.807, 2.05) is 61.7 Å². The molecule has 0 radical (unpaired) electrons. The lowest BCUT2D eigenvalue weighted by Crippen LogP contribution is -2.40. The second-order valence-corrected chi connectivity index (χ2v) is 7.55. The minimum Gasteiger partial charge on any atom is -0.456 e. The van der Waals surface area contributed by atoms with Gasteiger partial charge in [0.25, 0.3) is 5.91 Å². The maximum absolute atomic E-state index is 12.7. The van der Waals surface area contributed by atoms with Gasteiger partial charge in [-0.05, 0) is 58.0 Å². The van der Waals surface area contributed by atoms with Gasteiger partial charge in [0, 0.05) is 28.2 Å². The van der Waals surface area contributed by atoms with Crippen LogP contribution >= 0.6 is 0 Å². The molecule has 2 aromatic carbocycles. The third-order valence-corrected chi connectivity index (χ3v) is 5.07. The van der Waals surface area contributed by atoms with Crippen molar-refractivity contribution < 1.29 is 19.1 Å². The fourth-order valence-electron chi connectivity index (χ4n) is 3.48. The molecular weight excluding hydrogens is 392 g/mol. The zero-order valence-electron chi connectivity index (χ0n) is 18.1. The molecule has 0 unspecified atom stereocenters. The van der Waals surface area contributed by atoms with Gasteiger partial charge in [-0.2, -0.15) is 0 Å². The van der Waals surface area contributed by atoms with Gasteiger partial charge in [0.1, 0.15) is 6.04 Å². The van der Waals surface area contributed by atoms with E-state index >= 15 is 0 Å². The monoisotopic (exact) mass is 418 g/mol. The Morgan fingerprint density at radius 2 is 1.68 bits per heavy atom. The average Bonchev–Trinajstić information content (AvgIpc) is 3.06. The topological polar surface area (TPSA) is 77.4 Å². The molecule has 0 fully saturated rings. The van der Waals surface area contributed by atoms with Crippen LogP contribution in [0.5, 0.6) is 0 Å². The van der Waals surface area contributed by atoms with Gasteiger partial charge >= 0.3 is 5.97 Å². The second-order valence-electron chi connectivity index (χ2n) is 7.55. The highest BCUT2D eigenvalue weighted by atomic mass is 16.5. The molecule has 1 amide bonds. The lowest BCUT2D eigenvalue weighted by molar-refractivity contribution is -0.144. The van der Waals surface area contributed by atoms with Crippen LogP contribution in [0.1, 0.15) is 44.6 Å². The first-order valence-electron chi connectivity index (χ1n) is 10.1. The molecule has 1 heterocycles. The van der Waals surface area contributed by atoms with Crippen molar-refractivity contribution in [3.05, 3.63) is 88.7 Å². The van der Waals surface area contributed by atoms with Crippen molar-refractivity contribution in [1.29, 1.82) is 0 Å². The van der Waals surface area contributed by atoms with E-state index in [1.54, 1.807) is 24.3 Å². The van der Waals surface area contributed by atoms with Gasteiger partial charge in [-0.3, -0.25) is 9.59 Å². The first-order chi connectivity index (χ1) is 14.8. The Hall–Kier alpha value is -3.67. The number of aromatic nitrogens is 1. The Bertz CT molecular complexity index is 1120. The maximum atomic E-state index is 12.7. The Balaban J connectivity index is 1.61. The number of Topliss-reactive ketones (excluding diaryl/α,β-unsaturated/α-hetero) is 1. The molecule has 0 spiro atoms. The number of aryl methyl sites for hydroxylation is 2. The van der Waals surface area contributed by atoms with Gasteiger partial charge in [0.2, 0.25) is 5.78 Å². The van der Waals surface area contributed by atoms with Crippen molar-refractivity contribution >= 4 is 17.7 Å². The number of benzene rings is 2. The molecule has 31 heavy (non-hydrogen) atoms. The second kappa shape index (κ2) is 9.43. The number of nitrogens with zero attached hydrogens (tertiary/aromatic N) is 1. The van der Waals surface area contributed by atoms with Gasteiger partial charge in [-0.15, -0.1) is 0 Å². The number of esters is 1. The van der Waals surface area contributed by atoms with Crippen molar-refractivity contribution in [2.75, 3.05) is 6.61 Å². The molecule has 1 N–H and O–H groups in total. The first kappa shape index (κ1) is 22.0. The number of ether oxygens (including phenoxy) is 1. The largest absolute Gasteiger partial charge is 0.456 e. The SMILES string of the molecule is Cc1cccc(C(=O)N[C@@H](C)C(=O)OCC(=O)c2cc(C)n(-c3ccccc3)c2C)c1. The highest BCUT2D eigenvalue weighted by Gasteiger charge is 2.21. The number of hydrogen-bond acceptors (Lipinski definition) is 4. The van der Waals surface area contributed by atoms with Crippen LogP contribution in [0.4, 0.5) is 0 Å². The summed E-state index contributed by atoms with van der Waals surface area (Å²) in [5, 5.41) is 2.60. The van der Waals surface area contributed by atoms with Crippen molar-refractivity contribution in [1.82, 2.24) is 9.88 Å². The molecule has 6 nitrogen and oxygen atoms in total. The highest BCUT2D eigenvalue weighted by molar-refractivity contribution is 6.00. The van der Waals surface area contributed by atoms with E-state index in [2.05, 4.69) is 5.32 Å². The summed E-state index contributed by atoms with van der Waals surface area (Å²) in [7, 11) is 0. The standard InChI is InChI=1S/C25H26N2O4/c1-16-9-8-10-20(13-16)24(29)26-18(3)25(30)31-15-23(28)22-14-17(2)27(19(22)4)21-11-6-5-7-12-21/h5-14,18H,15H2,1-4H3,(H,26,29)/t18-/m0/s1. The van der Waals surface area contributed by atoms with E-state index in [0.29, 0.717) is 11.1 Å². The number of para-hydroxylation sites is 1. The van der Waals surface area contributed by atoms with Crippen LogP contribution in [0.15, 0.2) is 60.7 Å². The van der Waals surface area contributed by atoms with E-state index in [4.69, 9.17) is 4.74 Å². The van der Waals surface area contributed by atoms with Crippen LogP contribution in [0.2, 0.25) is 0 Å². The third-order valence-electron chi connectivity index (χ3n) is 5.07. The van der Waals surface area contributed by atoms with Crippen LogP contribution in [0.25, 0.3) is 5.69 Å². The Morgan fingerprint density at radius 3 is 2.35 bits per heavy atom. The summed E-state index contributed by atoms with van der Waals surface area (Å²) in [6.45, 7) is 6.81. The highest BCUT2D eigenvalue weighted by Crippen LogP contribution is 2.21. The number of rotatable bonds is 7. The minimum atomic E-state index is -0.877. The van der Waals surface area contributed by atoms with Crippen molar-refractivity contribution in [2.24, 2.45) is 0 Å². The van der Waals surface area contributed by atoms with E-state index in [9.17, 15) is 14.4 Å². The summed E-state index contributed by atoms with van der Waals surface area (Å²) >= 11 is 0. The van der Waals surface area contributed by atoms with Crippen LogP contribution in [-0.4, -0.2) is 34.9 Å². The van der Waals surface area contributed by atoms with Crippen LogP contribution in [0.3, 0.4) is 0 Å². The van der Waals surface area contributed by atoms with Crippen LogP contribution in [-0.2, 0) is 9.53 Å². The molecule has 0 saturated heterocycles. The molecule has 0 aliphatic rings. The molecule has 6 heteroatoms. The minimum absolute atomic E-state index is 0.291. The van der Waals surface area contributed by atoms with E-state index < -0.39 is 12.0 Å². The third kappa shape index (κ3) is 5.09. The number of amides is 1. The summed E-state index contributed by atoms with van der Waals surface area (Å²) in [6, 6.07) is 17.7. The van der Waals surface area contributed by atoms with Crippen LogP contribution < -0.4 is 5.32 Å². The number of nitrogens with one attached hydrogen (secondary N) is 1. The lowest BCUT2D eigenvalue weighted by Gasteiger charge is -2.13. The van der Waals surface area contributed by atoms with Crippen molar-refractivity contribution in [3.63, 3.8) is 0 Å². The number of carbonyl (C=O) groups excluding carboxylic acids is 3. The normalized spacial score (nSPS) is 11.6. The zero-order valence-corrected chi connectivity index (χ0v) is 18.1. The average molecular weight is 418 g/mol. The maximum Gasteiger partial charge on any atom is 0.328 e. The van der Waals surface area contributed by atoms with Gasteiger partial charge < -0.3 is 14.6 Å². The van der Waals surface area contributed by atoms with Gasteiger partial charge in [-0.1, -0.05) is 35.9 Å². The smallest absolute Gasteiger partial charge is 0.328 e. The van der Waals surface area contributed by atoms with E-state index in [1.165, 1.54) is 6.92 Å². The molecule has 0 bridgehead atoms. The first-order valence-corrected chi connectivity index (χ1v) is 10.1. The van der Waals surface area contributed by atoms with Gasteiger partial charge in [0.05, 0.1) is 0 Å². The quantitative estimate of drug-likeness (QED) is 0.466. The molecule has 3 aromatic rings. The summed E-state index contributed by atoms with van der Waals surface area (Å²) in [4.78, 5) is 37.3. The van der Waals surface area contributed by atoms with Crippen molar-refractivity contribution in [2.45, 2.75) is 33.7 Å². The predicted octanol–water partition coefficient (Wildman–Crippen LogP) is 3.95. The number of ketones is 1. The summed E-state index contributed by atoms with van der Waals surface area (Å²) in [6.07, 6.45) is 0. The Labute approximate surface area is 181 Å². The predicted molar refractivity (Wildman–Crippen MR) is 119 cm³/mol. The molecule has 3 rings (SSSR count). The van der Waals surface area contributed by atoms with Crippen molar-refractivity contribution in [3.8, 4) is 5.69 Å². The fourth-order valence-corrected chi connectivity index (χ4v) is 3.48. The summed E-state index contributed by atoms with van der Waals surface area (Å²) < 4.78 is 7.16. The van der Waals surface area contributed by atoms with Gasteiger partial charge in [-0.25, -0.2) is 4.79 Å². The Morgan fingerprint density at radius 1 is 0.968 bits per heavy atom. The molecule has 0 saturated carbocycles. The lowest BCUT2D eigenvalue weighted by atomic mass is 10.1. The molecular formula is C25H26N2O4. The Kier molecular flexibility index (Phi) is 6.70. The van der Waals surface area contributed by atoms with E-state index in [0.717, 1.165) is 22.6 Å². The molecule has 160 valence electrons. The number of hydrogen-bond donors (Lipinski definition) is 1. The van der Waals surface area contributed by atoms with Gasteiger partial charge in [0.15, 0.2) is 6.61 Å². The molecule has 0 aliphatic heterocycles. The summed E-state index contributed by atoms with van der Waals surface area (Å²) in [5.74, 6) is -1.32.